The zero-order valence-electron chi connectivity index (χ0n) is 12.5. The van der Waals surface area contributed by atoms with Crippen molar-refractivity contribution in [3.63, 3.8) is 0 Å². The Morgan fingerprint density at radius 1 is 1.24 bits per heavy atom. The number of amides is 1. The van der Waals surface area contributed by atoms with Crippen LogP contribution in [-0.4, -0.2) is 45.3 Å². The lowest BCUT2D eigenvalue weighted by molar-refractivity contribution is -0.120. The summed E-state index contributed by atoms with van der Waals surface area (Å²) in [6.45, 7) is 7.24. The highest BCUT2D eigenvalue weighted by Crippen LogP contribution is 2.21. The standard InChI is InChI=1S/C16H23N3O2/c1-12-10-17-11-15(12)16(20)18-13-2-4-14(5-3-13)19-6-8-21-9-7-19/h2-5,12,15,17H,6-11H2,1H3,(H,18,20)/t12-,15-/m1/s1. The van der Waals surface area contributed by atoms with E-state index in [9.17, 15) is 4.79 Å². The molecule has 0 aromatic heterocycles. The maximum Gasteiger partial charge on any atom is 0.229 e. The Morgan fingerprint density at radius 2 is 1.95 bits per heavy atom. The van der Waals surface area contributed by atoms with Crippen molar-refractivity contribution in [1.29, 1.82) is 0 Å². The molecule has 1 amide bonds. The number of benzene rings is 1. The zero-order chi connectivity index (χ0) is 14.7. The quantitative estimate of drug-likeness (QED) is 0.881. The summed E-state index contributed by atoms with van der Waals surface area (Å²) in [5, 5.41) is 6.28. The molecule has 1 aromatic carbocycles. The topological polar surface area (TPSA) is 53.6 Å². The Morgan fingerprint density at radius 3 is 2.57 bits per heavy atom. The summed E-state index contributed by atoms with van der Waals surface area (Å²) in [4.78, 5) is 14.5. The van der Waals surface area contributed by atoms with Crippen LogP contribution in [0, 0.1) is 11.8 Å². The van der Waals surface area contributed by atoms with E-state index in [0.29, 0.717) is 5.92 Å². The van der Waals surface area contributed by atoms with E-state index in [4.69, 9.17) is 4.74 Å². The second-order valence-corrected chi connectivity index (χ2v) is 5.88. The normalized spacial score (nSPS) is 25.9. The molecular weight excluding hydrogens is 266 g/mol. The summed E-state index contributed by atoms with van der Waals surface area (Å²) in [6.07, 6.45) is 0. The van der Waals surface area contributed by atoms with Crippen molar-refractivity contribution in [3.8, 4) is 0 Å². The van der Waals surface area contributed by atoms with Gasteiger partial charge in [-0.3, -0.25) is 4.79 Å². The molecule has 2 saturated heterocycles. The van der Waals surface area contributed by atoms with Crippen LogP contribution in [0.15, 0.2) is 24.3 Å². The number of rotatable bonds is 3. The van der Waals surface area contributed by atoms with Gasteiger partial charge in [-0.25, -0.2) is 0 Å². The third kappa shape index (κ3) is 3.36. The van der Waals surface area contributed by atoms with E-state index >= 15 is 0 Å². The molecule has 1 aromatic rings. The lowest BCUT2D eigenvalue weighted by atomic mass is 9.97. The van der Waals surface area contributed by atoms with Gasteiger partial charge in [-0.2, -0.15) is 0 Å². The zero-order valence-corrected chi connectivity index (χ0v) is 12.5. The molecule has 0 radical (unpaired) electrons. The maximum absolute atomic E-state index is 12.2. The summed E-state index contributed by atoms with van der Waals surface area (Å²) in [7, 11) is 0. The summed E-state index contributed by atoms with van der Waals surface area (Å²) >= 11 is 0. The van der Waals surface area contributed by atoms with Crippen LogP contribution in [0.25, 0.3) is 0 Å². The summed E-state index contributed by atoms with van der Waals surface area (Å²) in [6, 6.07) is 8.10. The van der Waals surface area contributed by atoms with Crippen LogP contribution >= 0.6 is 0 Å². The van der Waals surface area contributed by atoms with E-state index in [1.54, 1.807) is 0 Å². The molecule has 0 aliphatic carbocycles. The van der Waals surface area contributed by atoms with Crippen molar-refractivity contribution in [1.82, 2.24) is 5.32 Å². The molecule has 2 N–H and O–H groups in total. The molecule has 114 valence electrons. The number of ether oxygens (including phenoxy) is 1. The number of anilines is 2. The third-order valence-corrected chi connectivity index (χ3v) is 4.37. The molecule has 0 saturated carbocycles. The first kappa shape index (κ1) is 14.4. The van der Waals surface area contributed by atoms with Gasteiger partial charge < -0.3 is 20.3 Å². The molecule has 5 nitrogen and oxygen atoms in total. The van der Waals surface area contributed by atoms with Gasteiger partial charge in [0.25, 0.3) is 0 Å². The summed E-state index contributed by atoms with van der Waals surface area (Å²) in [5.74, 6) is 0.591. The van der Waals surface area contributed by atoms with E-state index in [1.807, 2.05) is 12.1 Å². The Balaban J connectivity index is 1.60. The average molecular weight is 289 g/mol. The first-order valence-corrected chi connectivity index (χ1v) is 7.68. The molecule has 2 aliphatic rings. The van der Waals surface area contributed by atoms with E-state index in [1.165, 1.54) is 5.69 Å². The Hall–Kier alpha value is -1.59. The number of carbonyl (C=O) groups is 1. The smallest absolute Gasteiger partial charge is 0.229 e. The van der Waals surface area contributed by atoms with Crippen LogP contribution in [-0.2, 0) is 9.53 Å². The molecule has 2 atom stereocenters. The Kier molecular flexibility index (Phi) is 4.41. The minimum absolute atomic E-state index is 0.0731. The van der Waals surface area contributed by atoms with Gasteiger partial charge in [-0.1, -0.05) is 6.92 Å². The van der Waals surface area contributed by atoms with Crippen molar-refractivity contribution in [2.45, 2.75) is 6.92 Å². The highest BCUT2D eigenvalue weighted by molar-refractivity contribution is 5.93. The molecule has 0 bridgehead atoms. The first-order chi connectivity index (χ1) is 10.2. The van der Waals surface area contributed by atoms with E-state index in [0.717, 1.165) is 45.1 Å². The van der Waals surface area contributed by atoms with Gasteiger partial charge in [0.15, 0.2) is 0 Å². The van der Waals surface area contributed by atoms with Crippen LogP contribution < -0.4 is 15.5 Å². The SMILES string of the molecule is C[C@@H]1CNC[C@H]1C(=O)Nc1ccc(N2CCOCC2)cc1. The second kappa shape index (κ2) is 6.45. The number of nitrogens with one attached hydrogen (secondary N) is 2. The highest BCUT2D eigenvalue weighted by Gasteiger charge is 2.29. The largest absolute Gasteiger partial charge is 0.378 e. The highest BCUT2D eigenvalue weighted by atomic mass is 16.5. The fourth-order valence-electron chi connectivity index (χ4n) is 2.97. The molecule has 3 rings (SSSR count). The van der Waals surface area contributed by atoms with Crippen LogP contribution in [0.1, 0.15) is 6.92 Å². The minimum Gasteiger partial charge on any atom is -0.378 e. The van der Waals surface area contributed by atoms with Gasteiger partial charge in [0.2, 0.25) is 5.91 Å². The van der Waals surface area contributed by atoms with Crippen LogP contribution in [0.4, 0.5) is 11.4 Å². The molecule has 0 unspecified atom stereocenters. The van der Waals surface area contributed by atoms with Crippen molar-refractivity contribution >= 4 is 17.3 Å². The minimum atomic E-state index is 0.0731. The number of morpholine rings is 1. The summed E-state index contributed by atoms with van der Waals surface area (Å²) in [5.41, 5.74) is 2.06. The number of hydrogen-bond donors (Lipinski definition) is 2. The molecule has 5 heteroatoms. The van der Waals surface area contributed by atoms with E-state index < -0.39 is 0 Å². The van der Waals surface area contributed by atoms with Gasteiger partial charge in [-0.15, -0.1) is 0 Å². The van der Waals surface area contributed by atoms with Crippen molar-refractivity contribution in [3.05, 3.63) is 24.3 Å². The van der Waals surface area contributed by atoms with Crippen molar-refractivity contribution in [2.75, 3.05) is 49.6 Å². The van der Waals surface area contributed by atoms with Crippen LogP contribution in [0.3, 0.4) is 0 Å². The van der Waals surface area contributed by atoms with E-state index in [-0.39, 0.29) is 11.8 Å². The molecule has 0 spiro atoms. The van der Waals surface area contributed by atoms with Crippen molar-refractivity contribution in [2.24, 2.45) is 11.8 Å². The molecule has 2 aliphatic heterocycles. The third-order valence-electron chi connectivity index (χ3n) is 4.37. The van der Waals surface area contributed by atoms with Gasteiger partial charge in [0.1, 0.15) is 0 Å². The second-order valence-electron chi connectivity index (χ2n) is 5.88. The van der Waals surface area contributed by atoms with Gasteiger partial charge in [0, 0.05) is 31.0 Å². The average Bonchev–Trinajstić information content (AvgIpc) is 2.95. The predicted molar refractivity (Wildman–Crippen MR) is 83.6 cm³/mol. The lowest BCUT2D eigenvalue weighted by Crippen LogP contribution is -2.36. The first-order valence-electron chi connectivity index (χ1n) is 7.68. The van der Waals surface area contributed by atoms with Crippen LogP contribution in [0.5, 0.6) is 0 Å². The van der Waals surface area contributed by atoms with Gasteiger partial charge in [-0.05, 0) is 36.7 Å². The van der Waals surface area contributed by atoms with Crippen molar-refractivity contribution < 1.29 is 9.53 Å². The van der Waals surface area contributed by atoms with E-state index in [2.05, 4.69) is 34.6 Å². The fraction of sp³-hybridized carbons (Fsp3) is 0.562. The fourth-order valence-corrected chi connectivity index (χ4v) is 2.97. The molecule has 21 heavy (non-hydrogen) atoms. The molecule has 2 heterocycles. The number of nitrogens with zero attached hydrogens (tertiary/aromatic N) is 1. The maximum atomic E-state index is 12.2. The van der Waals surface area contributed by atoms with Gasteiger partial charge >= 0.3 is 0 Å². The monoisotopic (exact) mass is 289 g/mol. The Bertz CT molecular complexity index is 483. The number of hydrogen-bond acceptors (Lipinski definition) is 4. The lowest BCUT2D eigenvalue weighted by Gasteiger charge is -2.29. The van der Waals surface area contributed by atoms with Crippen LogP contribution in [0.2, 0.25) is 0 Å². The summed E-state index contributed by atoms with van der Waals surface area (Å²) < 4.78 is 5.36. The molecule has 2 fully saturated rings. The predicted octanol–water partition coefficient (Wildman–Crippen LogP) is 1.32. The molecular formula is C16H23N3O2. The Labute approximate surface area is 125 Å². The number of carbonyl (C=O) groups excluding carboxylic acids is 1. The van der Waals surface area contributed by atoms with Gasteiger partial charge in [0.05, 0.1) is 19.1 Å².